The van der Waals surface area contributed by atoms with Gasteiger partial charge in [-0.2, -0.15) is 0 Å². The molecule has 0 aliphatic carbocycles. The molecule has 0 saturated heterocycles. The third-order valence-electron chi connectivity index (χ3n) is 4.56. The maximum atomic E-state index is 12.2. The van der Waals surface area contributed by atoms with E-state index in [4.69, 9.17) is 9.47 Å². The zero-order valence-electron chi connectivity index (χ0n) is 16.1. The van der Waals surface area contributed by atoms with Crippen LogP contribution in [-0.4, -0.2) is 49.0 Å². The second-order valence-corrected chi connectivity index (χ2v) is 6.66. The van der Waals surface area contributed by atoms with Crippen LogP contribution in [0.3, 0.4) is 0 Å². The van der Waals surface area contributed by atoms with Crippen molar-refractivity contribution in [3.63, 3.8) is 0 Å². The molecule has 0 aromatic heterocycles. The topological polar surface area (TPSA) is 72.9 Å². The number of unbranched alkanes of at least 4 members (excludes halogenated alkanes) is 5. The van der Waals surface area contributed by atoms with Gasteiger partial charge in [0.2, 0.25) is 0 Å². The van der Waals surface area contributed by atoms with Crippen molar-refractivity contribution in [2.45, 2.75) is 51.9 Å². The molecule has 0 bridgehead atoms. The third-order valence-corrected chi connectivity index (χ3v) is 4.56. The summed E-state index contributed by atoms with van der Waals surface area (Å²) in [4.78, 5) is 37.2. The highest BCUT2D eigenvalue weighted by molar-refractivity contribution is 6.21. The van der Waals surface area contributed by atoms with Crippen LogP contribution < -0.4 is 0 Å². The second kappa shape index (κ2) is 11.5. The van der Waals surface area contributed by atoms with Gasteiger partial charge in [0.25, 0.3) is 11.8 Å². The van der Waals surface area contributed by atoms with Gasteiger partial charge in [-0.25, -0.2) is 0 Å². The Hall–Kier alpha value is -2.21. The van der Waals surface area contributed by atoms with Gasteiger partial charge in [-0.1, -0.05) is 51.2 Å². The number of carbonyl (C=O) groups is 3. The van der Waals surface area contributed by atoms with Gasteiger partial charge < -0.3 is 9.47 Å². The molecule has 1 aliphatic heterocycles. The molecule has 2 rings (SSSR count). The largest absolute Gasteiger partial charge is 0.463 e. The minimum atomic E-state index is -0.287. The molecule has 0 saturated carbocycles. The summed E-state index contributed by atoms with van der Waals surface area (Å²) in [5.41, 5.74) is 0.872. The summed E-state index contributed by atoms with van der Waals surface area (Å²) in [7, 11) is 0. The van der Waals surface area contributed by atoms with Crippen LogP contribution in [0, 0.1) is 0 Å². The standard InChI is InChI=1S/C21H29NO5/c1-2-3-4-5-6-7-12-19(23)27-16-15-26-14-13-22-20(24)17-10-8-9-11-18(17)21(22)25/h8-11H,2-7,12-16H2,1H3. The smallest absolute Gasteiger partial charge is 0.305 e. The summed E-state index contributed by atoms with van der Waals surface area (Å²) in [6.45, 7) is 3.04. The number of hydrogen-bond donors (Lipinski definition) is 0. The lowest BCUT2D eigenvalue weighted by Gasteiger charge is -2.13. The number of fused-ring (bicyclic) bond motifs is 1. The fourth-order valence-corrected chi connectivity index (χ4v) is 3.04. The van der Waals surface area contributed by atoms with Crippen molar-refractivity contribution in [1.82, 2.24) is 4.90 Å². The molecule has 27 heavy (non-hydrogen) atoms. The lowest BCUT2D eigenvalue weighted by atomic mass is 10.1. The van der Waals surface area contributed by atoms with E-state index >= 15 is 0 Å². The fourth-order valence-electron chi connectivity index (χ4n) is 3.04. The van der Waals surface area contributed by atoms with Gasteiger partial charge in [0, 0.05) is 6.42 Å². The van der Waals surface area contributed by atoms with E-state index in [-0.39, 0.29) is 44.1 Å². The van der Waals surface area contributed by atoms with Crippen LogP contribution in [0.5, 0.6) is 0 Å². The summed E-state index contributed by atoms with van der Waals surface area (Å²) in [6, 6.07) is 6.78. The quantitative estimate of drug-likeness (QED) is 0.299. The van der Waals surface area contributed by atoms with Gasteiger partial charge >= 0.3 is 5.97 Å². The van der Waals surface area contributed by atoms with Crippen LogP contribution in [-0.2, 0) is 14.3 Å². The molecule has 2 amide bonds. The molecule has 148 valence electrons. The molecule has 0 fully saturated rings. The first-order valence-electron chi connectivity index (χ1n) is 9.83. The molecule has 6 nitrogen and oxygen atoms in total. The first-order chi connectivity index (χ1) is 13.1. The van der Waals surface area contributed by atoms with Crippen LogP contribution in [0.2, 0.25) is 0 Å². The molecular weight excluding hydrogens is 346 g/mol. The molecule has 0 N–H and O–H groups in total. The molecular formula is C21H29NO5. The van der Waals surface area contributed by atoms with Gasteiger partial charge in [0.1, 0.15) is 6.61 Å². The van der Waals surface area contributed by atoms with Crippen LogP contribution in [0.1, 0.15) is 72.6 Å². The Morgan fingerprint density at radius 1 is 0.889 bits per heavy atom. The molecule has 0 unspecified atom stereocenters. The van der Waals surface area contributed by atoms with Crippen LogP contribution >= 0.6 is 0 Å². The summed E-state index contributed by atoms with van der Waals surface area (Å²) in [5, 5.41) is 0. The molecule has 6 heteroatoms. The average Bonchev–Trinajstić information content (AvgIpc) is 2.92. The maximum Gasteiger partial charge on any atom is 0.305 e. The molecule has 0 atom stereocenters. The van der Waals surface area contributed by atoms with E-state index in [2.05, 4.69) is 6.92 Å². The van der Waals surface area contributed by atoms with Gasteiger partial charge in [0.15, 0.2) is 0 Å². The van der Waals surface area contributed by atoms with E-state index in [1.54, 1.807) is 24.3 Å². The number of ether oxygens (including phenoxy) is 2. The number of carbonyl (C=O) groups excluding carboxylic acids is 3. The highest BCUT2D eigenvalue weighted by Gasteiger charge is 2.34. The van der Waals surface area contributed by atoms with Crippen molar-refractivity contribution in [3.05, 3.63) is 35.4 Å². The molecule has 0 spiro atoms. The summed E-state index contributed by atoms with van der Waals surface area (Å²) >= 11 is 0. The van der Waals surface area contributed by atoms with Gasteiger partial charge in [-0.15, -0.1) is 0 Å². The first-order valence-corrected chi connectivity index (χ1v) is 9.83. The Labute approximate surface area is 160 Å². The zero-order chi connectivity index (χ0) is 19.5. The molecule has 1 aromatic carbocycles. The van der Waals surface area contributed by atoms with Crippen molar-refractivity contribution >= 4 is 17.8 Å². The Morgan fingerprint density at radius 3 is 2.19 bits per heavy atom. The Morgan fingerprint density at radius 2 is 1.52 bits per heavy atom. The summed E-state index contributed by atoms with van der Waals surface area (Å²) in [6.07, 6.45) is 7.24. The highest BCUT2D eigenvalue weighted by atomic mass is 16.6. The van der Waals surface area contributed by atoms with Crippen molar-refractivity contribution in [2.24, 2.45) is 0 Å². The summed E-state index contributed by atoms with van der Waals surface area (Å²) in [5.74, 6) is -0.774. The number of nitrogens with zero attached hydrogens (tertiary/aromatic N) is 1. The van der Waals surface area contributed by atoms with E-state index in [0.717, 1.165) is 12.8 Å². The minimum absolute atomic E-state index is 0.191. The fraction of sp³-hybridized carbons (Fsp3) is 0.571. The van der Waals surface area contributed by atoms with Crippen molar-refractivity contribution < 1.29 is 23.9 Å². The molecule has 1 heterocycles. The SMILES string of the molecule is CCCCCCCCC(=O)OCCOCCN1C(=O)c2ccccc2C1=O. The number of esters is 1. The van der Waals surface area contributed by atoms with Crippen LogP contribution in [0.25, 0.3) is 0 Å². The Kier molecular flexibility index (Phi) is 8.98. The normalized spacial score (nSPS) is 13.1. The van der Waals surface area contributed by atoms with E-state index in [1.165, 1.54) is 30.6 Å². The number of hydrogen-bond acceptors (Lipinski definition) is 5. The summed E-state index contributed by atoms with van der Waals surface area (Å²) < 4.78 is 10.5. The van der Waals surface area contributed by atoms with Crippen molar-refractivity contribution in [1.29, 1.82) is 0 Å². The number of imide groups is 1. The Balaban J connectivity index is 1.51. The number of amides is 2. The van der Waals surface area contributed by atoms with Gasteiger partial charge in [-0.05, 0) is 18.6 Å². The number of benzene rings is 1. The van der Waals surface area contributed by atoms with Crippen molar-refractivity contribution in [3.8, 4) is 0 Å². The van der Waals surface area contributed by atoms with E-state index < -0.39 is 0 Å². The lowest BCUT2D eigenvalue weighted by Crippen LogP contribution is -2.33. The average molecular weight is 375 g/mol. The van der Waals surface area contributed by atoms with Gasteiger partial charge in [0.05, 0.1) is 30.9 Å². The van der Waals surface area contributed by atoms with Crippen LogP contribution in [0.15, 0.2) is 24.3 Å². The maximum absolute atomic E-state index is 12.2. The van der Waals surface area contributed by atoms with Gasteiger partial charge in [-0.3, -0.25) is 19.3 Å². The van der Waals surface area contributed by atoms with E-state index in [9.17, 15) is 14.4 Å². The van der Waals surface area contributed by atoms with Crippen molar-refractivity contribution in [2.75, 3.05) is 26.4 Å². The minimum Gasteiger partial charge on any atom is -0.463 e. The zero-order valence-corrected chi connectivity index (χ0v) is 16.1. The van der Waals surface area contributed by atoms with Crippen LogP contribution in [0.4, 0.5) is 0 Å². The number of rotatable bonds is 13. The van der Waals surface area contributed by atoms with E-state index in [1.807, 2.05) is 0 Å². The first kappa shape index (κ1) is 21.1. The molecule has 1 aliphatic rings. The Bertz CT molecular complexity index is 608. The molecule has 1 aromatic rings. The predicted octanol–water partition coefficient (Wildman–Crippen LogP) is 3.59. The monoisotopic (exact) mass is 375 g/mol. The second-order valence-electron chi connectivity index (χ2n) is 6.66. The molecule has 0 radical (unpaired) electrons. The van der Waals surface area contributed by atoms with E-state index in [0.29, 0.717) is 17.5 Å². The highest BCUT2D eigenvalue weighted by Crippen LogP contribution is 2.21. The lowest BCUT2D eigenvalue weighted by molar-refractivity contribution is -0.145. The third kappa shape index (κ3) is 6.47. The predicted molar refractivity (Wildman–Crippen MR) is 102 cm³/mol.